The van der Waals surface area contributed by atoms with Crippen LogP contribution in [0.1, 0.15) is 29.9 Å². The first-order valence-corrected chi connectivity index (χ1v) is 6.27. The molecule has 1 atom stereocenters. The molecule has 1 aromatic rings. The van der Waals surface area contributed by atoms with Gasteiger partial charge in [-0.05, 0) is 25.5 Å². The smallest absolute Gasteiger partial charge is 0.253 e. The number of likely N-dealkylation sites (N-methyl/N-ethyl adjacent to an activating group) is 1. The van der Waals surface area contributed by atoms with Crippen LogP contribution in [0.2, 0.25) is 0 Å². The molecule has 3 N–H and O–H groups in total. The Morgan fingerprint density at radius 2 is 2.26 bits per heavy atom. The summed E-state index contributed by atoms with van der Waals surface area (Å²) >= 11 is 0. The molecule has 0 bridgehead atoms. The lowest BCUT2D eigenvalue weighted by atomic mass is 10.1. The van der Waals surface area contributed by atoms with Gasteiger partial charge in [-0.1, -0.05) is 6.92 Å². The maximum absolute atomic E-state index is 12.3. The van der Waals surface area contributed by atoms with E-state index in [2.05, 4.69) is 10.4 Å². The van der Waals surface area contributed by atoms with Gasteiger partial charge in [0.2, 0.25) is 0 Å². The zero-order valence-corrected chi connectivity index (χ0v) is 11.9. The fraction of sp³-hybridized carbons (Fsp3) is 0.538. The Hall–Kier alpha value is -1.66. The van der Waals surface area contributed by atoms with Crippen LogP contribution in [0.4, 0.5) is 5.82 Å². The number of hydrogen-bond acceptors (Lipinski definition) is 5. The van der Waals surface area contributed by atoms with E-state index in [1.807, 2.05) is 13.8 Å². The molecule has 1 aromatic heterocycles. The minimum Gasteiger partial charge on any atom is -0.380 e. The number of pyridine rings is 1. The third-order valence-electron chi connectivity index (χ3n) is 2.92. The quantitative estimate of drug-likeness (QED) is 0.594. The number of ether oxygens (including phenoxy) is 1. The average molecular weight is 266 g/mol. The van der Waals surface area contributed by atoms with E-state index in [0.717, 1.165) is 12.1 Å². The summed E-state index contributed by atoms with van der Waals surface area (Å²) in [4.78, 5) is 18.2. The topological polar surface area (TPSA) is 80.5 Å². The molecule has 0 saturated heterocycles. The number of carbonyl (C=O) groups excluding carboxylic acids is 1. The highest BCUT2D eigenvalue weighted by atomic mass is 16.5. The zero-order chi connectivity index (χ0) is 14.4. The Morgan fingerprint density at radius 3 is 2.79 bits per heavy atom. The molecule has 0 aliphatic heterocycles. The highest BCUT2D eigenvalue weighted by Crippen LogP contribution is 2.12. The Balaban J connectivity index is 2.92. The Bertz CT molecular complexity index is 414. The number of anilines is 1. The van der Waals surface area contributed by atoms with Crippen molar-refractivity contribution in [1.82, 2.24) is 9.88 Å². The van der Waals surface area contributed by atoms with Gasteiger partial charge in [0.1, 0.15) is 5.82 Å². The fourth-order valence-corrected chi connectivity index (χ4v) is 1.73. The lowest BCUT2D eigenvalue weighted by molar-refractivity contribution is 0.0600. The molecule has 1 amide bonds. The standard InChI is InChI=1S/C13H22N4O2/c1-5-11-6-10(7-12(15-11)16-14)13(18)17(3)8-9(2)19-4/h6-7,9H,5,8,14H2,1-4H3,(H,15,16). The van der Waals surface area contributed by atoms with Crippen molar-refractivity contribution in [3.63, 3.8) is 0 Å². The van der Waals surface area contributed by atoms with Gasteiger partial charge < -0.3 is 15.1 Å². The number of hydrogen-bond donors (Lipinski definition) is 2. The molecule has 1 heterocycles. The van der Waals surface area contributed by atoms with Crippen molar-refractivity contribution in [2.75, 3.05) is 26.1 Å². The lowest BCUT2D eigenvalue weighted by Gasteiger charge is -2.21. The third-order valence-corrected chi connectivity index (χ3v) is 2.92. The summed E-state index contributed by atoms with van der Waals surface area (Å²) < 4.78 is 5.16. The predicted molar refractivity (Wildman–Crippen MR) is 74.9 cm³/mol. The van der Waals surface area contributed by atoms with Crippen molar-refractivity contribution in [1.29, 1.82) is 0 Å². The summed E-state index contributed by atoms with van der Waals surface area (Å²) in [5.41, 5.74) is 3.88. The number of methoxy groups -OCH3 is 1. The number of nitrogens with zero attached hydrogens (tertiary/aromatic N) is 2. The van der Waals surface area contributed by atoms with E-state index in [0.29, 0.717) is 17.9 Å². The number of aromatic nitrogens is 1. The molecule has 6 heteroatoms. The number of aryl methyl sites for hydroxylation is 1. The average Bonchev–Trinajstić information content (AvgIpc) is 2.45. The molecule has 0 aliphatic rings. The SMILES string of the molecule is CCc1cc(C(=O)N(C)CC(C)OC)cc(NN)n1. The van der Waals surface area contributed by atoms with Crippen LogP contribution in [0, 0.1) is 0 Å². The number of rotatable bonds is 6. The highest BCUT2D eigenvalue weighted by molar-refractivity contribution is 5.94. The first-order chi connectivity index (χ1) is 9.01. The van der Waals surface area contributed by atoms with Crippen LogP contribution in [0.25, 0.3) is 0 Å². The van der Waals surface area contributed by atoms with E-state index in [1.165, 1.54) is 0 Å². The van der Waals surface area contributed by atoms with Gasteiger partial charge in [0.15, 0.2) is 0 Å². The van der Waals surface area contributed by atoms with E-state index < -0.39 is 0 Å². The van der Waals surface area contributed by atoms with Crippen molar-refractivity contribution in [3.8, 4) is 0 Å². The summed E-state index contributed by atoms with van der Waals surface area (Å²) in [6.07, 6.45) is 0.738. The third kappa shape index (κ3) is 4.18. The van der Waals surface area contributed by atoms with Crippen molar-refractivity contribution in [2.24, 2.45) is 5.84 Å². The molecule has 106 valence electrons. The fourth-order valence-electron chi connectivity index (χ4n) is 1.73. The first-order valence-electron chi connectivity index (χ1n) is 6.27. The number of nitrogen functional groups attached to an aromatic ring is 1. The van der Waals surface area contributed by atoms with Gasteiger partial charge in [-0.2, -0.15) is 0 Å². The van der Waals surface area contributed by atoms with Gasteiger partial charge in [-0.25, -0.2) is 10.8 Å². The summed E-state index contributed by atoms with van der Waals surface area (Å²) in [6.45, 7) is 4.43. The van der Waals surface area contributed by atoms with Gasteiger partial charge >= 0.3 is 0 Å². The number of hydrazine groups is 1. The van der Waals surface area contributed by atoms with Crippen LogP contribution in [0.5, 0.6) is 0 Å². The molecule has 6 nitrogen and oxygen atoms in total. The first kappa shape index (κ1) is 15.4. The molecule has 0 spiro atoms. The van der Waals surface area contributed by atoms with Gasteiger partial charge in [0.25, 0.3) is 5.91 Å². The number of amides is 1. The van der Waals surface area contributed by atoms with Gasteiger partial charge in [-0.15, -0.1) is 0 Å². The molecule has 0 fully saturated rings. The van der Waals surface area contributed by atoms with Gasteiger partial charge in [-0.3, -0.25) is 4.79 Å². The predicted octanol–water partition coefficient (Wildman–Crippen LogP) is 1.04. The second-order valence-electron chi connectivity index (χ2n) is 4.46. The largest absolute Gasteiger partial charge is 0.380 e. The molecule has 0 aromatic carbocycles. The van der Waals surface area contributed by atoms with E-state index >= 15 is 0 Å². The maximum Gasteiger partial charge on any atom is 0.253 e. The Labute approximate surface area is 113 Å². The summed E-state index contributed by atoms with van der Waals surface area (Å²) in [5.74, 6) is 5.79. The zero-order valence-electron chi connectivity index (χ0n) is 11.9. The van der Waals surface area contributed by atoms with Crippen molar-refractivity contribution in [3.05, 3.63) is 23.4 Å². The summed E-state index contributed by atoms with van der Waals surface area (Å²) in [7, 11) is 3.38. The van der Waals surface area contributed by atoms with Crippen LogP contribution < -0.4 is 11.3 Å². The number of nitrogens with two attached hydrogens (primary N) is 1. The summed E-state index contributed by atoms with van der Waals surface area (Å²) in [6, 6.07) is 3.44. The normalized spacial score (nSPS) is 12.1. The molecule has 1 rings (SSSR count). The molecule has 0 aliphatic carbocycles. The lowest BCUT2D eigenvalue weighted by Crippen LogP contribution is -2.34. The minimum atomic E-state index is -0.0718. The minimum absolute atomic E-state index is 0.00598. The van der Waals surface area contributed by atoms with Crippen molar-refractivity contribution >= 4 is 11.7 Å². The second kappa shape index (κ2) is 7.06. The van der Waals surface area contributed by atoms with Crippen LogP contribution in [0.3, 0.4) is 0 Å². The molecule has 0 radical (unpaired) electrons. The van der Waals surface area contributed by atoms with E-state index in [9.17, 15) is 4.79 Å². The Morgan fingerprint density at radius 1 is 1.58 bits per heavy atom. The van der Waals surface area contributed by atoms with Crippen molar-refractivity contribution < 1.29 is 9.53 Å². The van der Waals surface area contributed by atoms with E-state index in [1.54, 1.807) is 31.2 Å². The van der Waals surface area contributed by atoms with Crippen LogP contribution in [0.15, 0.2) is 12.1 Å². The molecule has 0 saturated carbocycles. The highest BCUT2D eigenvalue weighted by Gasteiger charge is 2.16. The molecule has 19 heavy (non-hydrogen) atoms. The Kier molecular flexibility index (Phi) is 5.72. The number of carbonyl (C=O) groups is 1. The second-order valence-corrected chi connectivity index (χ2v) is 4.46. The van der Waals surface area contributed by atoms with E-state index in [4.69, 9.17) is 10.6 Å². The molecular formula is C13H22N4O2. The molecular weight excluding hydrogens is 244 g/mol. The van der Waals surface area contributed by atoms with Gasteiger partial charge in [0.05, 0.1) is 6.10 Å². The molecule has 1 unspecified atom stereocenters. The van der Waals surface area contributed by atoms with Crippen LogP contribution in [-0.4, -0.2) is 42.6 Å². The van der Waals surface area contributed by atoms with Crippen LogP contribution >= 0.6 is 0 Å². The van der Waals surface area contributed by atoms with E-state index in [-0.39, 0.29) is 12.0 Å². The number of nitrogens with one attached hydrogen (secondary N) is 1. The van der Waals surface area contributed by atoms with Gasteiger partial charge in [0, 0.05) is 32.0 Å². The summed E-state index contributed by atoms with van der Waals surface area (Å²) in [5, 5.41) is 0. The maximum atomic E-state index is 12.3. The van der Waals surface area contributed by atoms with Crippen molar-refractivity contribution in [2.45, 2.75) is 26.4 Å². The van der Waals surface area contributed by atoms with Crippen LogP contribution in [-0.2, 0) is 11.2 Å². The monoisotopic (exact) mass is 266 g/mol.